The molecule has 25 heavy (non-hydrogen) atoms. The van der Waals surface area contributed by atoms with E-state index in [1.165, 1.54) is 16.8 Å². The van der Waals surface area contributed by atoms with Crippen LogP contribution >= 0.6 is 0 Å². The quantitative estimate of drug-likeness (QED) is 0.864. The highest BCUT2D eigenvalue weighted by Gasteiger charge is 2.37. The van der Waals surface area contributed by atoms with Crippen molar-refractivity contribution in [3.05, 3.63) is 76.9 Å². The van der Waals surface area contributed by atoms with Gasteiger partial charge >= 0.3 is 0 Å². The third-order valence-corrected chi connectivity index (χ3v) is 5.56. The van der Waals surface area contributed by atoms with E-state index in [1.54, 1.807) is 12.1 Å². The number of aromatic carboxylic acids is 1. The van der Waals surface area contributed by atoms with Crippen molar-refractivity contribution in [1.82, 2.24) is 0 Å². The van der Waals surface area contributed by atoms with Gasteiger partial charge in [-0.25, -0.2) is 0 Å². The zero-order valence-corrected chi connectivity index (χ0v) is 14.5. The van der Waals surface area contributed by atoms with Gasteiger partial charge in [-0.05, 0) is 46.6 Å². The molecule has 3 nitrogen and oxygen atoms in total. The second-order valence-corrected chi connectivity index (χ2v) is 7.39. The van der Waals surface area contributed by atoms with Crippen molar-refractivity contribution < 1.29 is 9.90 Å². The highest BCUT2D eigenvalue weighted by Crippen LogP contribution is 2.50. The van der Waals surface area contributed by atoms with Gasteiger partial charge in [0.2, 0.25) is 0 Å². The van der Waals surface area contributed by atoms with Gasteiger partial charge in [0.05, 0.1) is 12.0 Å². The highest BCUT2D eigenvalue weighted by atomic mass is 16.4. The minimum absolute atomic E-state index is 0.188. The molecule has 3 heteroatoms. The summed E-state index contributed by atoms with van der Waals surface area (Å²) in [7, 11) is 0. The molecule has 1 heterocycles. The van der Waals surface area contributed by atoms with E-state index >= 15 is 0 Å². The third kappa shape index (κ3) is 2.74. The summed E-state index contributed by atoms with van der Waals surface area (Å²) >= 11 is 0. The Hall–Kier alpha value is -2.55. The Labute approximate surface area is 148 Å². The number of carbonyl (C=O) groups is 1. The molecule has 2 aliphatic rings. The van der Waals surface area contributed by atoms with Crippen LogP contribution in [-0.4, -0.2) is 5.97 Å². The Kier molecular flexibility index (Phi) is 3.87. The molecule has 0 spiro atoms. The first-order valence-electron chi connectivity index (χ1n) is 8.93. The van der Waals surface area contributed by atoms with Crippen LogP contribution in [-0.2, 0) is 0 Å². The van der Waals surface area contributed by atoms with E-state index in [-0.39, 0.29) is 11.6 Å². The van der Waals surface area contributed by atoms with E-state index < -0.39 is 5.97 Å². The zero-order valence-electron chi connectivity index (χ0n) is 14.5. The fourth-order valence-corrected chi connectivity index (χ4v) is 4.13. The first-order chi connectivity index (χ1) is 12.0. The fraction of sp³-hybridized carbons (Fsp3) is 0.318. The maximum Gasteiger partial charge on any atom is 0.0715 e. The number of carboxylic acid groups (broad SMARTS) is 1. The second-order valence-electron chi connectivity index (χ2n) is 7.39. The number of carbonyl (C=O) groups excluding carboxylic acids is 1. The summed E-state index contributed by atoms with van der Waals surface area (Å²) in [6, 6.07) is 14.0. The van der Waals surface area contributed by atoms with Gasteiger partial charge in [-0.15, -0.1) is 0 Å². The molecule has 0 bridgehead atoms. The Bertz CT molecular complexity index is 836. The summed E-state index contributed by atoms with van der Waals surface area (Å²) in [5.41, 5.74) is 5.29. The number of rotatable bonds is 3. The van der Waals surface area contributed by atoms with Crippen LogP contribution in [0, 0.1) is 5.92 Å². The summed E-state index contributed by atoms with van der Waals surface area (Å²) < 4.78 is 0. The van der Waals surface area contributed by atoms with Crippen molar-refractivity contribution in [3.63, 3.8) is 0 Å². The Morgan fingerprint density at radius 2 is 1.92 bits per heavy atom. The fourth-order valence-electron chi connectivity index (χ4n) is 4.13. The molecule has 0 saturated carbocycles. The average Bonchev–Trinajstić information content (AvgIpc) is 3.10. The van der Waals surface area contributed by atoms with Crippen molar-refractivity contribution >= 4 is 11.7 Å². The maximum absolute atomic E-state index is 11.0. The van der Waals surface area contributed by atoms with Gasteiger partial charge < -0.3 is 15.2 Å². The molecular formula is C22H22NO2-. The first kappa shape index (κ1) is 15.9. The average molecular weight is 332 g/mol. The number of anilines is 1. The van der Waals surface area contributed by atoms with E-state index in [2.05, 4.69) is 49.5 Å². The minimum Gasteiger partial charge on any atom is -0.545 e. The predicted molar refractivity (Wildman–Crippen MR) is 97.7 cm³/mol. The van der Waals surface area contributed by atoms with E-state index in [1.807, 2.05) is 12.1 Å². The van der Waals surface area contributed by atoms with E-state index in [4.69, 9.17) is 0 Å². The Morgan fingerprint density at radius 3 is 2.60 bits per heavy atom. The van der Waals surface area contributed by atoms with Gasteiger partial charge in [0, 0.05) is 11.6 Å². The number of fused-ring (bicyclic) bond motifs is 3. The number of hydrogen-bond acceptors (Lipinski definition) is 3. The molecular weight excluding hydrogens is 310 g/mol. The van der Waals surface area contributed by atoms with Crippen molar-refractivity contribution in [2.75, 3.05) is 5.32 Å². The molecule has 128 valence electrons. The van der Waals surface area contributed by atoms with Crippen molar-refractivity contribution in [2.24, 2.45) is 5.92 Å². The van der Waals surface area contributed by atoms with Gasteiger partial charge in [0.1, 0.15) is 0 Å². The molecule has 0 fully saturated rings. The standard InChI is InChI=1S/C22H23NO2/c1-13(2)16-10-11-20-19(12-16)17-4-3-5-18(17)21(23-20)14-6-8-15(9-7-14)22(24)25/h3-4,6-13,17-18,21,23H,5H2,1-2H3,(H,24,25)/p-1/t17-,18-,21+/m1/s1. The summed E-state index contributed by atoms with van der Waals surface area (Å²) in [6.45, 7) is 4.45. The lowest BCUT2D eigenvalue weighted by molar-refractivity contribution is -0.255. The van der Waals surface area contributed by atoms with E-state index in [0.29, 0.717) is 17.8 Å². The zero-order chi connectivity index (χ0) is 17.6. The maximum atomic E-state index is 11.0. The second kappa shape index (κ2) is 6.07. The number of allylic oxidation sites excluding steroid dienone is 2. The molecule has 0 radical (unpaired) electrons. The topological polar surface area (TPSA) is 52.2 Å². The number of nitrogens with one attached hydrogen (secondary N) is 1. The SMILES string of the molecule is CC(C)c1ccc2c(c1)[C@@H]1C=CC[C@H]1[C@H](c1ccc(C(=O)[O-])cc1)N2. The van der Waals surface area contributed by atoms with Crippen LogP contribution in [0.15, 0.2) is 54.6 Å². The van der Waals surface area contributed by atoms with Gasteiger partial charge in [-0.2, -0.15) is 0 Å². The number of carboxylic acids is 1. The molecule has 2 aromatic rings. The summed E-state index contributed by atoms with van der Waals surface area (Å²) in [4.78, 5) is 11.0. The predicted octanol–water partition coefficient (Wildman–Crippen LogP) is 4.00. The summed E-state index contributed by atoms with van der Waals surface area (Å²) in [5.74, 6) is 0.267. The van der Waals surface area contributed by atoms with Gasteiger partial charge in [0.15, 0.2) is 0 Å². The largest absolute Gasteiger partial charge is 0.545 e. The Morgan fingerprint density at radius 1 is 1.16 bits per heavy atom. The lowest BCUT2D eigenvalue weighted by Crippen LogP contribution is -2.29. The monoisotopic (exact) mass is 332 g/mol. The molecule has 0 unspecified atom stereocenters. The van der Waals surface area contributed by atoms with Gasteiger partial charge in [-0.3, -0.25) is 0 Å². The first-order valence-corrected chi connectivity index (χ1v) is 8.93. The lowest BCUT2D eigenvalue weighted by Gasteiger charge is -2.38. The van der Waals surface area contributed by atoms with Crippen LogP contribution < -0.4 is 10.4 Å². The molecule has 1 aliphatic heterocycles. The van der Waals surface area contributed by atoms with E-state index in [0.717, 1.165) is 12.0 Å². The van der Waals surface area contributed by atoms with Crippen LogP contribution in [0.4, 0.5) is 5.69 Å². The van der Waals surface area contributed by atoms with Crippen LogP contribution in [0.5, 0.6) is 0 Å². The molecule has 3 atom stereocenters. The smallest absolute Gasteiger partial charge is 0.0715 e. The number of benzene rings is 2. The number of hydrogen-bond donors (Lipinski definition) is 1. The van der Waals surface area contributed by atoms with E-state index in [9.17, 15) is 9.90 Å². The summed E-state index contributed by atoms with van der Waals surface area (Å²) in [5, 5.41) is 14.7. The van der Waals surface area contributed by atoms with Gasteiger partial charge in [-0.1, -0.05) is 62.4 Å². The van der Waals surface area contributed by atoms with Crippen LogP contribution in [0.2, 0.25) is 0 Å². The third-order valence-electron chi connectivity index (χ3n) is 5.56. The molecule has 2 aromatic carbocycles. The van der Waals surface area contributed by atoms with Crippen LogP contribution in [0.25, 0.3) is 0 Å². The molecule has 1 N–H and O–H groups in total. The van der Waals surface area contributed by atoms with Crippen molar-refractivity contribution in [1.29, 1.82) is 0 Å². The normalized spacial score (nSPS) is 23.9. The van der Waals surface area contributed by atoms with Crippen LogP contribution in [0.1, 0.15) is 65.2 Å². The van der Waals surface area contributed by atoms with Crippen LogP contribution in [0.3, 0.4) is 0 Å². The molecule has 4 rings (SSSR count). The highest BCUT2D eigenvalue weighted by molar-refractivity contribution is 5.85. The van der Waals surface area contributed by atoms with Crippen molar-refractivity contribution in [3.8, 4) is 0 Å². The summed E-state index contributed by atoms with van der Waals surface area (Å²) in [6.07, 6.45) is 5.64. The molecule has 0 amide bonds. The van der Waals surface area contributed by atoms with Gasteiger partial charge in [0.25, 0.3) is 0 Å². The minimum atomic E-state index is -1.13. The molecule has 0 saturated heterocycles. The lowest BCUT2D eigenvalue weighted by atomic mass is 9.76. The molecule has 1 aliphatic carbocycles. The Balaban J connectivity index is 1.71. The van der Waals surface area contributed by atoms with Crippen molar-refractivity contribution in [2.45, 2.75) is 38.1 Å². The molecule has 0 aromatic heterocycles.